The van der Waals surface area contributed by atoms with Crippen LogP contribution in [0.15, 0.2) is 12.1 Å². The van der Waals surface area contributed by atoms with E-state index in [1.54, 1.807) is 14.2 Å². The summed E-state index contributed by atoms with van der Waals surface area (Å²) in [5, 5.41) is 0. The van der Waals surface area contributed by atoms with Crippen LogP contribution in [0.2, 0.25) is 0 Å². The minimum Gasteiger partial charge on any atom is -0.467 e. The number of methoxy groups -OCH3 is 3. The summed E-state index contributed by atoms with van der Waals surface area (Å²) in [5.41, 5.74) is 3.20. The molecule has 4 rings (SSSR count). The Kier molecular flexibility index (Phi) is 6.37. The van der Waals surface area contributed by atoms with E-state index in [0.29, 0.717) is 35.9 Å². The third-order valence-electron chi connectivity index (χ3n) is 7.90. The van der Waals surface area contributed by atoms with Gasteiger partial charge in [-0.1, -0.05) is 13.0 Å². The zero-order valence-corrected chi connectivity index (χ0v) is 18.6. The van der Waals surface area contributed by atoms with Gasteiger partial charge in [0.05, 0.1) is 13.2 Å². The van der Waals surface area contributed by atoms with E-state index < -0.39 is 0 Å². The van der Waals surface area contributed by atoms with Gasteiger partial charge in [0.2, 0.25) is 0 Å². The van der Waals surface area contributed by atoms with Gasteiger partial charge in [0.25, 0.3) is 0 Å². The SMILES string of the molecule is COCOc1ccc2c(c1C(=O)OC)CC[C@@H]1[C@@H]2CC[C@]2(C)[C@@H](OCOC)CC[C@@H]12. The van der Waals surface area contributed by atoms with Crippen LogP contribution in [0.3, 0.4) is 0 Å². The molecule has 3 aliphatic rings. The van der Waals surface area contributed by atoms with Crippen molar-refractivity contribution in [2.24, 2.45) is 17.3 Å². The monoisotopic (exact) mass is 418 g/mol. The van der Waals surface area contributed by atoms with E-state index in [4.69, 9.17) is 23.7 Å². The molecule has 0 amide bonds. The highest BCUT2D eigenvalue weighted by molar-refractivity contribution is 5.94. The first-order valence-corrected chi connectivity index (χ1v) is 11.0. The van der Waals surface area contributed by atoms with Gasteiger partial charge < -0.3 is 23.7 Å². The molecule has 0 aromatic heterocycles. The number of hydrogen-bond acceptors (Lipinski definition) is 6. The van der Waals surface area contributed by atoms with E-state index in [0.717, 1.165) is 37.7 Å². The molecule has 2 fully saturated rings. The first kappa shape index (κ1) is 21.6. The smallest absolute Gasteiger partial charge is 0.341 e. The first-order valence-electron chi connectivity index (χ1n) is 11.0. The standard InChI is InChI=1S/C24H34O6/c1-24-12-11-16-15-7-9-20(29-13-26-2)22(23(25)28-4)18(15)6-5-17(16)19(24)8-10-21(24)30-14-27-3/h7,9,16-17,19,21H,5-6,8,10-14H2,1-4H3/t16-,17-,19+,21+,24+/m1/s1. The van der Waals surface area contributed by atoms with Crippen molar-refractivity contribution >= 4 is 5.97 Å². The minimum atomic E-state index is -0.328. The highest BCUT2D eigenvalue weighted by Crippen LogP contribution is 2.61. The molecule has 166 valence electrons. The van der Waals surface area contributed by atoms with E-state index in [2.05, 4.69) is 13.0 Å². The number of ether oxygens (including phenoxy) is 5. The van der Waals surface area contributed by atoms with Crippen molar-refractivity contribution in [3.8, 4) is 5.75 Å². The molecule has 1 aromatic carbocycles. The van der Waals surface area contributed by atoms with Crippen LogP contribution in [0.25, 0.3) is 0 Å². The van der Waals surface area contributed by atoms with Gasteiger partial charge in [0, 0.05) is 14.2 Å². The molecule has 0 aliphatic heterocycles. The van der Waals surface area contributed by atoms with Crippen LogP contribution >= 0.6 is 0 Å². The topological polar surface area (TPSA) is 63.2 Å². The van der Waals surface area contributed by atoms with E-state index >= 15 is 0 Å². The predicted octanol–water partition coefficient (Wildman–Crippen LogP) is 4.30. The van der Waals surface area contributed by atoms with Crippen molar-refractivity contribution in [1.29, 1.82) is 0 Å². The maximum Gasteiger partial charge on any atom is 0.341 e. The largest absolute Gasteiger partial charge is 0.467 e. The summed E-state index contributed by atoms with van der Waals surface area (Å²) in [6.45, 7) is 2.90. The van der Waals surface area contributed by atoms with E-state index in [1.165, 1.54) is 19.1 Å². The average molecular weight is 419 g/mol. The summed E-state index contributed by atoms with van der Waals surface area (Å²) < 4.78 is 27.1. The summed E-state index contributed by atoms with van der Waals surface area (Å²) in [4.78, 5) is 12.6. The van der Waals surface area contributed by atoms with Gasteiger partial charge in [0.15, 0.2) is 6.79 Å². The second-order valence-corrected chi connectivity index (χ2v) is 9.15. The van der Waals surface area contributed by atoms with Crippen LogP contribution in [0.4, 0.5) is 0 Å². The van der Waals surface area contributed by atoms with Crippen LogP contribution < -0.4 is 4.74 Å². The van der Waals surface area contributed by atoms with Crippen LogP contribution in [-0.2, 0) is 25.4 Å². The molecule has 30 heavy (non-hydrogen) atoms. The Morgan fingerprint density at radius 1 is 1.07 bits per heavy atom. The van der Waals surface area contributed by atoms with Gasteiger partial charge in [-0.15, -0.1) is 0 Å². The van der Waals surface area contributed by atoms with Crippen molar-refractivity contribution in [2.45, 2.75) is 57.5 Å². The average Bonchev–Trinajstić information content (AvgIpc) is 3.11. The third kappa shape index (κ3) is 3.53. The summed E-state index contributed by atoms with van der Waals surface area (Å²) in [5.74, 6) is 1.98. The maximum absolute atomic E-state index is 12.6. The van der Waals surface area contributed by atoms with E-state index in [9.17, 15) is 4.79 Å². The number of benzene rings is 1. The van der Waals surface area contributed by atoms with Crippen molar-refractivity contribution in [3.63, 3.8) is 0 Å². The lowest BCUT2D eigenvalue weighted by molar-refractivity contribution is -0.125. The number of hydrogen-bond donors (Lipinski definition) is 0. The Bertz CT molecular complexity index is 777. The summed E-state index contributed by atoms with van der Waals surface area (Å²) >= 11 is 0. The Balaban J connectivity index is 1.64. The van der Waals surface area contributed by atoms with Crippen LogP contribution in [-0.4, -0.2) is 47.0 Å². The Morgan fingerprint density at radius 2 is 1.87 bits per heavy atom. The van der Waals surface area contributed by atoms with Crippen molar-refractivity contribution < 1.29 is 28.5 Å². The number of fused-ring (bicyclic) bond motifs is 5. The van der Waals surface area contributed by atoms with Gasteiger partial charge in [-0.05, 0) is 78.9 Å². The molecule has 0 saturated heterocycles. The molecule has 6 heteroatoms. The molecule has 3 aliphatic carbocycles. The van der Waals surface area contributed by atoms with Crippen LogP contribution in [0, 0.1) is 17.3 Å². The summed E-state index contributed by atoms with van der Waals surface area (Å²) in [7, 11) is 4.69. The zero-order chi connectivity index (χ0) is 21.3. The lowest BCUT2D eigenvalue weighted by Crippen LogP contribution is -2.45. The van der Waals surface area contributed by atoms with Gasteiger partial charge in [-0.25, -0.2) is 4.79 Å². The van der Waals surface area contributed by atoms with Gasteiger partial charge in [-0.2, -0.15) is 0 Å². The number of esters is 1. The molecule has 6 nitrogen and oxygen atoms in total. The minimum absolute atomic E-state index is 0.109. The summed E-state index contributed by atoms with van der Waals surface area (Å²) in [6.07, 6.45) is 6.82. The Hall–Kier alpha value is -1.63. The Labute approximate surface area is 179 Å². The highest BCUT2D eigenvalue weighted by Gasteiger charge is 2.55. The molecule has 0 heterocycles. The highest BCUT2D eigenvalue weighted by atomic mass is 16.7. The normalized spacial score (nSPS) is 32.1. The fraction of sp³-hybridized carbons (Fsp3) is 0.708. The Morgan fingerprint density at radius 3 is 2.60 bits per heavy atom. The second-order valence-electron chi connectivity index (χ2n) is 9.15. The van der Waals surface area contributed by atoms with Gasteiger partial charge >= 0.3 is 5.97 Å². The van der Waals surface area contributed by atoms with Crippen molar-refractivity contribution in [1.82, 2.24) is 0 Å². The lowest BCUT2D eigenvalue weighted by Gasteiger charge is -2.50. The fourth-order valence-electron chi connectivity index (χ4n) is 6.59. The van der Waals surface area contributed by atoms with Gasteiger partial charge in [0.1, 0.15) is 18.1 Å². The van der Waals surface area contributed by atoms with E-state index in [-0.39, 0.29) is 24.3 Å². The maximum atomic E-state index is 12.6. The van der Waals surface area contributed by atoms with E-state index in [1.807, 2.05) is 6.07 Å². The number of carbonyl (C=O) groups excluding carboxylic acids is 1. The molecule has 0 N–H and O–H groups in total. The first-order chi connectivity index (χ1) is 14.5. The molecule has 2 saturated carbocycles. The molecule has 0 unspecified atom stereocenters. The molecule has 0 spiro atoms. The molecule has 5 atom stereocenters. The molecule has 1 aromatic rings. The summed E-state index contributed by atoms with van der Waals surface area (Å²) in [6, 6.07) is 4.08. The predicted molar refractivity (Wildman–Crippen MR) is 112 cm³/mol. The van der Waals surface area contributed by atoms with Crippen LogP contribution in [0.1, 0.15) is 66.4 Å². The molecule has 0 bridgehead atoms. The zero-order valence-electron chi connectivity index (χ0n) is 18.6. The number of carbonyl (C=O) groups is 1. The fourth-order valence-corrected chi connectivity index (χ4v) is 6.59. The third-order valence-corrected chi connectivity index (χ3v) is 7.90. The second kappa shape index (κ2) is 8.85. The molecule has 0 radical (unpaired) electrons. The quantitative estimate of drug-likeness (QED) is 0.486. The van der Waals surface area contributed by atoms with Crippen LogP contribution in [0.5, 0.6) is 5.75 Å². The lowest BCUT2D eigenvalue weighted by atomic mass is 9.55. The number of rotatable bonds is 7. The molecular formula is C24H34O6. The van der Waals surface area contributed by atoms with Crippen molar-refractivity contribution in [2.75, 3.05) is 34.9 Å². The van der Waals surface area contributed by atoms with Crippen molar-refractivity contribution in [3.05, 3.63) is 28.8 Å². The molecular weight excluding hydrogens is 384 g/mol. The van der Waals surface area contributed by atoms with Gasteiger partial charge in [-0.3, -0.25) is 0 Å².